The molecule has 2 atom stereocenters. The first-order chi connectivity index (χ1) is 11.6. The molecule has 2 aromatic rings. The van der Waals surface area contributed by atoms with Crippen molar-refractivity contribution in [3.8, 4) is 11.8 Å². The Hall–Kier alpha value is -2.57. The molecule has 2 unspecified atom stereocenters. The fourth-order valence-electron chi connectivity index (χ4n) is 2.36. The third-order valence-corrected chi connectivity index (χ3v) is 3.89. The maximum atomic E-state index is 11.5. The van der Waals surface area contributed by atoms with Crippen molar-refractivity contribution in [1.82, 2.24) is 5.32 Å². The lowest BCUT2D eigenvalue weighted by atomic mass is 10.0. The summed E-state index contributed by atoms with van der Waals surface area (Å²) >= 11 is 0. The highest BCUT2D eigenvalue weighted by Crippen LogP contribution is 2.09. The van der Waals surface area contributed by atoms with E-state index in [1.165, 1.54) is 0 Å². The molecular weight excluding hydrogens is 298 g/mol. The van der Waals surface area contributed by atoms with Crippen LogP contribution in [0.4, 0.5) is 0 Å². The lowest BCUT2D eigenvalue weighted by Crippen LogP contribution is -2.43. The van der Waals surface area contributed by atoms with Crippen LogP contribution >= 0.6 is 0 Å². The Morgan fingerprint density at radius 2 is 1.75 bits per heavy atom. The van der Waals surface area contributed by atoms with Crippen LogP contribution in [-0.2, 0) is 11.2 Å². The quantitative estimate of drug-likeness (QED) is 0.801. The SMILES string of the molecule is CCC(C)NC(Cc1cccc(C#Cc2ccccc2)c1)C(=O)O. The fraction of sp³-hybridized carbons (Fsp3) is 0.286. The molecule has 0 aromatic heterocycles. The minimum Gasteiger partial charge on any atom is -0.480 e. The zero-order valence-corrected chi connectivity index (χ0v) is 14.1. The highest BCUT2D eigenvalue weighted by atomic mass is 16.4. The molecule has 3 heteroatoms. The van der Waals surface area contributed by atoms with Crippen LogP contribution in [-0.4, -0.2) is 23.2 Å². The van der Waals surface area contributed by atoms with E-state index in [-0.39, 0.29) is 6.04 Å². The summed E-state index contributed by atoms with van der Waals surface area (Å²) in [5, 5.41) is 12.6. The topological polar surface area (TPSA) is 49.3 Å². The minimum absolute atomic E-state index is 0.173. The lowest BCUT2D eigenvalue weighted by Gasteiger charge is -2.19. The molecular formula is C21H23NO2. The van der Waals surface area contributed by atoms with Crippen molar-refractivity contribution in [1.29, 1.82) is 0 Å². The Bertz CT molecular complexity index is 728. The van der Waals surface area contributed by atoms with Crippen LogP contribution in [0, 0.1) is 11.8 Å². The second kappa shape index (κ2) is 8.90. The van der Waals surface area contributed by atoms with Gasteiger partial charge in [0.2, 0.25) is 0 Å². The molecule has 0 fully saturated rings. The smallest absolute Gasteiger partial charge is 0.321 e. The van der Waals surface area contributed by atoms with Gasteiger partial charge < -0.3 is 10.4 Å². The molecule has 0 saturated heterocycles. The number of benzene rings is 2. The first-order valence-corrected chi connectivity index (χ1v) is 8.23. The van der Waals surface area contributed by atoms with Gasteiger partial charge in [0.05, 0.1) is 0 Å². The van der Waals surface area contributed by atoms with E-state index in [1.54, 1.807) is 0 Å². The van der Waals surface area contributed by atoms with Crippen molar-refractivity contribution < 1.29 is 9.90 Å². The summed E-state index contributed by atoms with van der Waals surface area (Å²) in [6.45, 7) is 4.04. The first kappa shape index (κ1) is 17.8. The maximum absolute atomic E-state index is 11.5. The number of nitrogens with one attached hydrogen (secondary N) is 1. The zero-order valence-electron chi connectivity index (χ0n) is 14.1. The Labute approximate surface area is 143 Å². The number of carbonyl (C=O) groups is 1. The van der Waals surface area contributed by atoms with Crippen LogP contribution in [0.25, 0.3) is 0 Å². The van der Waals surface area contributed by atoms with Gasteiger partial charge in [-0.05, 0) is 49.6 Å². The van der Waals surface area contributed by atoms with Crippen LogP contribution in [0.1, 0.15) is 37.0 Å². The van der Waals surface area contributed by atoms with E-state index >= 15 is 0 Å². The summed E-state index contributed by atoms with van der Waals surface area (Å²) in [6, 6.07) is 17.2. The highest BCUT2D eigenvalue weighted by Gasteiger charge is 2.19. The van der Waals surface area contributed by atoms with Crippen molar-refractivity contribution in [3.05, 3.63) is 71.3 Å². The van der Waals surface area contributed by atoms with Gasteiger partial charge in [-0.15, -0.1) is 0 Å². The molecule has 0 saturated carbocycles. The number of carboxylic acids is 1. The van der Waals surface area contributed by atoms with Crippen LogP contribution < -0.4 is 5.32 Å². The van der Waals surface area contributed by atoms with Crippen molar-refractivity contribution in [2.24, 2.45) is 0 Å². The summed E-state index contributed by atoms with van der Waals surface area (Å²) in [5.41, 5.74) is 2.83. The second-order valence-corrected chi connectivity index (χ2v) is 5.89. The van der Waals surface area contributed by atoms with Gasteiger partial charge in [-0.2, -0.15) is 0 Å². The number of rotatable bonds is 6. The molecule has 2 aromatic carbocycles. The molecule has 2 rings (SSSR count). The van der Waals surface area contributed by atoms with E-state index in [0.717, 1.165) is 23.1 Å². The molecule has 2 N–H and O–H groups in total. The summed E-state index contributed by atoms with van der Waals surface area (Å²) in [7, 11) is 0. The Morgan fingerprint density at radius 3 is 2.42 bits per heavy atom. The van der Waals surface area contributed by atoms with Gasteiger partial charge in [-0.25, -0.2) is 0 Å². The normalized spacial score (nSPS) is 12.8. The van der Waals surface area contributed by atoms with Crippen LogP contribution in [0.3, 0.4) is 0 Å². The van der Waals surface area contributed by atoms with Crippen LogP contribution in [0.15, 0.2) is 54.6 Å². The van der Waals surface area contributed by atoms with E-state index < -0.39 is 12.0 Å². The van der Waals surface area contributed by atoms with Gasteiger partial charge in [-0.1, -0.05) is 49.1 Å². The van der Waals surface area contributed by atoms with Crippen molar-refractivity contribution in [2.45, 2.75) is 38.8 Å². The Morgan fingerprint density at radius 1 is 1.08 bits per heavy atom. The second-order valence-electron chi connectivity index (χ2n) is 5.89. The highest BCUT2D eigenvalue weighted by molar-refractivity contribution is 5.74. The molecule has 0 amide bonds. The van der Waals surface area contributed by atoms with Gasteiger partial charge in [0.25, 0.3) is 0 Å². The zero-order chi connectivity index (χ0) is 17.4. The predicted molar refractivity (Wildman–Crippen MR) is 96.9 cm³/mol. The average molecular weight is 321 g/mol. The molecule has 0 aliphatic heterocycles. The molecule has 24 heavy (non-hydrogen) atoms. The number of carboxylic acid groups (broad SMARTS) is 1. The number of hydrogen-bond acceptors (Lipinski definition) is 2. The molecule has 0 aliphatic carbocycles. The molecule has 0 radical (unpaired) electrons. The average Bonchev–Trinajstić information content (AvgIpc) is 2.60. The third kappa shape index (κ3) is 5.57. The molecule has 3 nitrogen and oxygen atoms in total. The summed E-state index contributed by atoms with van der Waals surface area (Å²) in [6.07, 6.45) is 1.34. The molecule has 0 heterocycles. The van der Waals surface area contributed by atoms with Gasteiger partial charge >= 0.3 is 5.97 Å². The Balaban J connectivity index is 2.12. The van der Waals surface area contributed by atoms with Crippen molar-refractivity contribution in [2.75, 3.05) is 0 Å². The first-order valence-electron chi connectivity index (χ1n) is 8.23. The minimum atomic E-state index is -0.823. The maximum Gasteiger partial charge on any atom is 0.321 e. The van der Waals surface area contributed by atoms with E-state index in [4.69, 9.17) is 0 Å². The number of hydrogen-bond donors (Lipinski definition) is 2. The predicted octanol–water partition coefficient (Wildman–Crippen LogP) is 3.47. The third-order valence-electron chi connectivity index (χ3n) is 3.89. The lowest BCUT2D eigenvalue weighted by molar-refractivity contribution is -0.139. The monoisotopic (exact) mass is 321 g/mol. The van der Waals surface area contributed by atoms with Crippen molar-refractivity contribution >= 4 is 5.97 Å². The van der Waals surface area contributed by atoms with Crippen LogP contribution in [0.2, 0.25) is 0 Å². The summed E-state index contributed by atoms with van der Waals surface area (Å²) in [5.74, 6) is 5.44. The summed E-state index contributed by atoms with van der Waals surface area (Å²) < 4.78 is 0. The van der Waals surface area contributed by atoms with E-state index in [2.05, 4.69) is 17.2 Å². The molecule has 0 bridgehead atoms. The number of aliphatic carboxylic acids is 1. The van der Waals surface area contributed by atoms with Gasteiger partial charge in [-0.3, -0.25) is 4.79 Å². The molecule has 124 valence electrons. The molecule has 0 aliphatic rings. The largest absolute Gasteiger partial charge is 0.480 e. The van der Waals surface area contributed by atoms with Crippen molar-refractivity contribution in [3.63, 3.8) is 0 Å². The Kier molecular flexibility index (Phi) is 6.60. The van der Waals surface area contributed by atoms with E-state index in [1.807, 2.05) is 68.4 Å². The fourth-order valence-corrected chi connectivity index (χ4v) is 2.36. The van der Waals surface area contributed by atoms with Gasteiger partial charge in [0, 0.05) is 17.2 Å². The van der Waals surface area contributed by atoms with Gasteiger partial charge in [0.1, 0.15) is 6.04 Å². The standard InChI is InChI=1S/C21H23NO2/c1-3-16(2)22-20(21(23)24)15-19-11-7-10-18(14-19)13-12-17-8-5-4-6-9-17/h4-11,14,16,20,22H,3,15H2,1-2H3,(H,23,24). The van der Waals surface area contributed by atoms with E-state index in [0.29, 0.717) is 6.42 Å². The van der Waals surface area contributed by atoms with Crippen LogP contribution in [0.5, 0.6) is 0 Å². The van der Waals surface area contributed by atoms with Gasteiger partial charge in [0.15, 0.2) is 0 Å². The van der Waals surface area contributed by atoms with E-state index in [9.17, 15) is 9.90 Å². The molecule has 0 spiro atoms. The summed E-state index contributed by atoms with van der Waals surface area (Å²) in [4.78, 5) is 11.5.